The molecule has 0 unspecified atom stereocenters. The van der Waals surface area contributed by atoms with Gasteiger partial charge in [0.25, 0.3) is 5.91 Å². The number of carbonyl (C=O) groups excluding carboxylic acids is 2. The van der Waals surface area contributed by atoms with Crippen molar-refractivity contribution in [1.82, 2.24) is 14.7 Å². The van der Waals surface area contributed by atoms with Gasteiger partial charge in [0, 0.05) is 13.1 Å². The molecule has 1 fully saturated rings. The van der Waals surface area contributed by atoms with Crippen LogP contribution in [0.5, 0.6) is 0 Å². The molecular formula is C20H22F3N3O3. The highest BCUT2D eigenvalue weighted by Crippen LogP contribution is 2.35. The Hall–Kier alpha value is -2.84. The quantitative estimate of drug-likeness (QED) is 0.724. The number of likely N-dealkylation sites (tertiary alicyclic amines) is 1. The van der Waals surface area contributed by atoms with Crippen LogP contribution in [0.15, 0.2) is 30.5 Å². The van der Waals surface area contributed by atoms with Crippen LogP contribution in [-0.2, 0) is 15.7 Å². The summed E-state index contributed by atoms with van der Waals surface area (Å²) in [6.45, 7) is 3.96. The Morgan fingerprint density at radius 3 is 2.72 bits per heavy atom. The van der Waals surface area contributed by atoms with E-state index in [2.05, 4.69) is 5.10 Å². The summed E-state index contributed by atoms with van der Waals surface area (Å²) < 4.78 is 47.3. The van der Waals surface area contributed by atoms with Gasteiger partial charge in [-0.25, -0.2) is 4.68 Å². The predicted molar refractivity (Wildman–Crippen MR) is 98.6 cm³/mol. The number of aryl methyl sites for hydroxylation is 1. The average Bonchev–Trinajstić information content (AvgIpc) is 3.13. The number of hydrogen-bond acceptors (Lipinski definition) is 4. The Bertz CT molecular complexity index is 908. The van der Waals surface area contributed by atoms with E-state index in [1.807, 2.05) is 0 Å². The van der Waals surface area contributed by atoms with E-state index < -0.39 is 35.2 Å². The SMILES string of the molecule is CCOC(=O)[C@@H]1CCCN(C(=O)c2cnn(-c3cccc(C)c3)c2C(F)(F)F)C1. The fraction of sp³-hybridized carbons (Fsp3) is 0.450. The van der Waals surface area contributed by atoms with E-state index in [9.17, 15) is 22.8 Å². The molecule has 29 heavy (non-hydrogen) atoms. The summed E-state index contributed by atoms with van der Waals surface area (Å²) in [4.78, 5) is 26.2. The molecule has 0 N–H and O–H groups in total. The highest BCUT2D eigenvalue weighted by molar-refractivity contribution is 5.96. The Kier molecular flexibility index (Phi) is 5.95. The molecule has 1 saturated heterocycles. The number of ether oxygens (including phenoxy) is 1. The smallest absolute Gasteiger partial charge is 0.434 e. The molecule has 0 aliphatic carbocycles. The lowest BCUT2D eigenvalue weighted by atomic mass is 9.97. The third-order valence-corrected chi connectivity index (χ3v) is 4.84. The summed E-state index contributed by atoms with van der Waals surface area (Å²) in [5, 5.41) is 3.85. The van der Waals surface area contributed by atoms with Crippen LogP contribution >= 0.6 is 0 Å². The zero-order chi connectivity index (χ0) is 21.2. The molecule has 0 bridgehead atoms. The van der Waals surface area contributed by atoms with Crippen LogP contribution in [0.4, 0.5) is 13.2 Å². The number of carbonyl (C=O) groups is 2. The largest absolute Gasteiger partial charge is 0.466 e. The molecule has 6 nitrogen and oxygen atoms in total. The molecule has 1 aliphatic heterocycles. The second-order valence-corrected chi connectivity index (χ2v) is 7.00. The molecule has 0 saturated carbocycles. The van der Waals surface area contributed by atoms with Crippen molar-refractivity contribution in [3.8, 4) is 5.69 Å². The molecule has 156 valence electrons. The van der Waals surface area contributed by atoms with Gasteiger partial charge in [0.15, 0.2) is 5.69 Å². The molecule has 3 rings (SSSR count). The minimum absolute atomic E-state index is 0.0323. The van der Waals surface area contributed by atoms with Gasteiger partial charge >= 0.3 is 12.1 Å². The monoisotopic (exact) mass is 409 g/mol. The summed E-state index contributed by atoms with van der Waals surface area (Å²) in [7, 11) is 0. The lowest BCUT2D eigenvalue weighted by Crippen LogP contribution is -2.43. The van der Waals surface area contributed by atoms with Crippen molar-refractivity contribution in [3.63, 3.8) is 0 Å². The standard InChI is InChI=1S/C20H22F3N3O3/c1-3-29-19(28)14-7-5-9-25(12-14)18(27)16-11-24-26(17(16)20(21,22)23)15-8-4-6-13(2)10-15/h4,6,8,10-11,14H,3,5,7,9,12H2,1-2H3/t14-/m1/s1. The summed E-state index contributed by atoms with van der Waals surface area (Å²) in [6.07, 6.45) is -2.77. The first kappa shape index (κ1) is 20.9. The molecule has 1 aliphatic rings. The van der Waals surface area contributed by atoms with Crippen molar-refractivity contribution in [2.75, 3.05) is 19.7 Å². The van der Waals surface area contributed by atoms with Crippen molar-refractivity contribution in [2.24, 2.45) is 5.92 Å². The molecular weight excluding hydrogens is 387 g/mol. The molecule has 1 aromatic heterocycles. The fourth-order valence-corrected chi connectivity index (χ4v) is 3.52. The van der Waals surface area contributed by atoms with E-state index in [0.717, 1.165) is 16.4 Å². The first-order valence-electron chi connectivity index (χ1n) is 9.40. The van der Waals surface area contributed by atoms with Crippen LogP contribution in [0.25, 0.3) is 5.69 Å². The first-order valence-corrected chi connectivity index (χ1v) is 9.40. The lowest BCUT2D eigenvalue weighted by Gasteiger charge is -2.31. The molecule has 0 spiro atoms. The second kappa shape index (κ2) is 8.26. The van der Waals surface area contributed by atoms with Gasteiger partial charge in [-0.3, -0.25) is 9.59 Å². The first-order chi connectivity index (χ1) is 13.7. The maximum Gasteiger partial charge on any atom is 0.434 e. The van der Waals surface area contributed by atoms with Crippen molar-refractivity contribution in [2.45, 2.75) is 32.9 Å². The lowest BCUT2D eigenvalue weighted by molar-refractivity contribution is -0.149. The Labute approximate surface area is 166 Å². The van der Waals surface area contributed by atoms with Crippen molar-refractivity contribution < 1.29 is 27.5 Å². The molecule has 1 amide bonds. The van der Waals surface area contributed by atoms with Gasteiger partial charge in [-0.15, -0.1) is 0 Å². The number of rotatable bonds is 4. The predicted octanol–water partition coefficient (Wildman–Crippen LogP) is 3.61. The molecule has 0 radical (unpaired) electrons. The van der Waals surface area contributed by atoms with Gasteiger partial charge in [-0.05, 0) is 44.4 Å². The van der Waals surface area contributed by atoms with Gasteiger partial charge in [0.1, 0.15) is 0 Å². The van der Waals surface area contributed by atoms with Crippen LogP contribution in [0.1, 0.15) is 41.4 Å². The maximum absolute atomic E-state index is 13.9. The molecule has 1 aromatic carbocycles. The maximum atomic E-state index is 13.9. The minimum Gasteiger partial charge on any atom is -0.466 e. The van der Waals surface area contributed by atoms with Crippen molar-refractivity contribution in [1.29, 1.82) is 0 Å². The Morgan fingerprint density at radius 1 is 1.31 bits per heavy atom. The van der Waals surface area contributed by atoms with Gasteiger partial charge in [0.05, 0.1) is 30.0 Å². The van der Waals surface area contributed by atoms with E-state index in [0.29, 0.717) is 12.8 Å². The zero-order valence-electron chi connectivity index (χ0n) is 16.2. The van der Waals surface area contributed by atoms with Gasteiger partial charge < -0.3 is 9.64 Å². The van der Waals surface area contributed by atoms with Crippen LogP contribution in [0.2, 0.25) is 0 Å². The summed E-state index contributed by atoms with van der Waals surface area (Å²) in [6, 6.07) is 6.45. The van der Waals surface area contributed by atoms with E-state index >= 15 is 0 Å². The summed E-state index contributed by atoms with van der Waals surface area (Å²) in [5.41, 5.74) is -0.651. The number of alkyl halides is 3. The molecule has 1 atom stereocenters. The average molecular weight is 409 g/mol. The van der Waals surface area contributed by atoms with E-state index in [1.165, 1.54) is 11.0 Å². The van der Waals surface area contributed by atoms with E-state index in [-0.39, 0.29) is 25.4 Å². The number of esters is 1. The van der Waals surface area contributed by atoms with Crippen molar-refractivity contribution in [3.05, 3.63) is 47.3 Å². The van der Waals surface area contributed by atoms with Crippen LogP contribution in [0, 0.1) is 12.8 Å². The van der Waals surface area contributed by atoms with Crippen LogP contribution in [-0.4, -0.2) is 46.3 Å². The number of hydrogen-bond donors (Lipinski definition) is 0. The zero-order valence-corrected chi connectivity index (χ0v) is 16.2. The number of aromatic nitrogens is 2. The van der Waals surface area contributed by atoms with Gasteiger partial charge in [-0.1, -0.05) is 12.1 Å². The van der Waals surface area contributed by atoms with Gasteiger partial charge in [0.2, 0.25) is 0 Å². The van der Waals surface area contributed by atoms with E-state index in [4.69, 9.17) is 4.74 Å². The number of halogens is 3. The molecule has 9 heteroatoms. The minimum atomic E-state index is -4.78. The van der Waals surface area contributed by atoms with Gasteiger partial charge in [-0.2, -0.15) is 18.3 Å². The highest BCUT2D eigenvalue weighted by atomic mass is 19.4. The topological polar surface area (TPSA) is 64.4 Å². The van der Waals surface area contributed by atoms with E-state index in [1.54, 1.807) is 32.0 Å². The number of nitrogens with zero attached hydrogens (tertiary/aromatic N) is 3. The third-order valence-electron chi connectivity index (χ3n) is 4.84. The molecule has 2 aromatic rings. The second-order valence-electron chi connectivity index (χ2n) is 7.00. The fourth-order valence-electron chi connectivity index (χ4n) is 3.52. The summed E-state index contributed by atoms with van der Waals surface area (Å²) >= 11 is 0. The van der Waals surface area contributed by atoms with Crippen molar-refractivity contribution >= 4 is 11.9 Å². The highest BCUT2D eigenvalue weighted by Gasteiger charge is 2.42. The normalized spacial score (nSPS) is 17.3. The third kappa shape index (κ3) is 4.44. The summed E-state index contributed by atoms with van der Waals surface area (Å²) in [5.74, 6) is -1.75. The number of benzene rings is 1. The van der Waals surface area contributed by atoms with Crippen LogP contribution in [0.3, 0.4) is 0 Å². The van der Waals surface area contributed by atoms with Crippen LogP contribution < -0.4 is 0 Å². The number of piperidine rings is 1. The Morgan fingerprint density at radius 2 is 2.07 bits per heavy atom. The number of amides is 1. The Balaban J connectivity index is 1.94. The molecule has 2 heterocycles.